The van der Waals surface area contributed by atoms with E-state index in [4.69, 9.17) is 15.3 Å². The average molecular weight is 137 g/mol. The summed E-state index contributed by atoms with van der Waals surface area (Å²) in [5.41, 5.74) is 0. The van der Waals surface area contributed by atoms with E-state index in [1.807, 2.05) is 12.1 Å². The number of hydrogen-bond donors (Lipinski definition) is 1. The van der Waals surface area contributed by atoms with Crippen LogP contribution in [0, 0.1) is 22.7 Å². The molecule has 1 N–H and O–H groups in total. The third kappa shape index (κ3) is 1.24. The number of nitrogens with one attached hydrogen (secondary N) is 1. The molecule has 1 aliphatic rings. The Hall–Kier alpha value is -1.10. The van der Waals surface area contributed by atoms with Crippen molar-refractivity contribution in [3.63, 3.8) is 0 Å². The molecule has 4 heteroatoms. The lowest BCUT2D eigenvalue weighted by Crippen LogP contribution is -2.46. The number of rotatable bonds is 0. The number of nitrogens with zero attached hydrogens (tertiary/aromatic N) is 2. The molecule has 2 unspecified atom stereocenters. The van der Waals surface area contributed by atoms with Gasteiger partial charge in [-0.2, -0.15) is 10.5 Å². The minimum atomic E-state index is -0.598. The van der Waals surface area contributed by atoms with Crippen molar-refractivity contribution in [2.24, 2.45) is 0 Å². The van der Waals surface area contributed by atoms with Gasteiger partial charge in [0.25, 0.3) is 0 Å². The number of ether oxygens (including phenoxy) is 1. The average Bonchev–Trinajstić information content (AvgIpc) is 2.04. The van der Waals surface area contributed by atoms with E-state index in [0.29, 0.717) is 13.2 Å². The molecule has 0 aromatic rings. The third-order valence-corrected chi connectivity index (χ3v) is 1.33. The predicted octanol–water partition coefficient (Wildman–Crippen LogP) is -0.609. The van der Waals surface area contributed by atoms with Gasteiger partial charge >= 0.3 is 0 Å². The van der Waals surface area contributed by atoms with Crippen LogP contribution in [0.3, 0.4) is 0 Å². The molecule has 1 saturated heterocycles. The van der Waals surface area contributed by atoms with Gasteiger partial charge in [0, 0.05) is 6.54 Å². The van der Waals surface area contributed by atoms with Crippen LogP contribution in [-0.2, 0) is 4.74 Å². The van der Waals surface area contributed by atoms with Gasteiger partial charge in [-0.15, -0.1) is 0 Å². The maximum Gasteiger partial charge on any atom is 0.172 e. The van der Waals surface area contributed by atoms with E-state index in [9.17, 15) is 0 Å². The molecule has 0 amide bonds. The molecule has 0 aliphatic carbocycles. The van der Waals surface area contributed by atoms with Crippen molar-refractivity contribution in [1.29, 1.82) is 10.5 Å². The van der Waals surface area contributed by atoms with Gasteiger partial charge < -0.3 is 4.74 Å². The fraction of sp³-hybridized carbons (Fsp3) is 0.667. The van der Waals surface area contributed by atoms with E-state index in [1.54, 1.807) is 0 Å². The molecule has 2 atom stereocenters. The van der Waals surface area contributed by atoms with Gasteiger partial charge in [-0.3, -0.25) is 5.32 Å². The minimum absolute atomic E-state index is 0.459. The Kier molecular flexibility index (Phi) is 2.22. The van der Waals surface area contributed by atoms with Crippen LogP contribution in [0.15, 0.2) is 0 Å². The van der Waals surface area contributed by atoms with E-state index in [1.165, 1.54) is 0 Å². The summed E-state index contributed by atoms with van der Waals surface area (Å²) in [6.07, 6.45) is -0.598. The SMILES string of the molecule is N#CC1NCCOC1C#N. The summed E-state index contributed by atoms with van der Waals surface area (Å²) in [6, 6.07) is 3.38. The normalized spacial score (nSPS) is 32.2. The van der Waals surface area contributed by atoms with Gasteiger partial charge in [0.15, 0.2) is 6.10 Å². The van der Waals surface area contributed by atoms with Crippen molar-refractivity contribution in [2.75, 3.05) is 13.2 Å². The highest BCUT2D eigenvalue weighted by molar-refractivity contribution is 5.06. The van der Waals surface area contributed by atoms with Crippen LogP contribution < -0.4 is 5.32 Å². The largest absolute Gasteiger partial charge is 0.359 e. The van der Waals surface area contributed by atoms with E-state index in [0.717, 1.165) is 0 Å². The summed E-state index contributed by atoms with van der Waals surface area (Å²) in [5.74, 6) is 0. The molecule has 4 nitrogen and oxygen atoms in total. The van der Waals surface area contributed by atoms with Gasteiger partial charge in [-0.1, -0.05) is 0 Å². The molecule has 0 radical (unpaired) electrons. The standard InChI is InChI=1S/C6H7N3O/c7-3-5-6(4-8)10-2-1-9-5/h5-6,9H,1-2H2. The fourth-order valence-electron chi connectivity index (χ4n) is 0.829. The first-order chi connectivity index (χ1) is 4.88. The zero-order valence-electron chi connectivity index (χ0n) is 5.37. The molecule has 52 valence electrons. The lowest BCUT2D eigenvalue weighted by molar-refractivity contribution is 0.0460. The Balaban J connectivity index is 2.54. The van der Waals surface area contributed by atoms with E-state index in [-0.39, 0.29) is 0 Å². The van der Waals surface area contributed by atoms with E-state index >= 15 is 0 Å². The molecule has 0 aromatic heterocycles. The zero-order chi connectivity index (χ0) is 7.40. The van der Waals surface area contributed by atoms with Crippen molar-refractivity contribution < 1.29 is 4.74 Å². The van der Waals surface area contributed by atoms with Crippen LogP contribution in [0.2, 0.25) is 0 Å². The van der Waals surface area contributed by atoms with Crippen LogP contribution in [0.25, 0.3) is 0 Å². The van der Waals surface area contributed by atoms with Crippen LogP contribution >= 0.6 is 0 Å². The second-order valence-electron chi connectivity index (χ2n) is 1.98. The molecule has 0 bridgehead atoms. The quantitative estimate of drug-likeness (QED) is 0.483. The lowest BCUT2D eigenvalue weighted by Gasteiger charge is -2.22. The summed E-state index contributed by atoms with van der Waals surface area (Å²) in [4.78, 5) is 0. The maximum absolute atomic E-state index is 8.45. The first-order valence-corrected chi connectivity index (χ1v) is 3.02. The first-order valence-electron chi connectivity index (χ1n) is 3.02. The Morgan fingerprint density at radius 3 is 2.70 bits per heavy atom. The van der Waals surface area contributed by atoms with Crippen molar-refractivity contribution in [2.45, 2.75) is 12.1 Å². The summed E-state index contributed by atoms with van der Waals surface area (Å²) >= 11 is 0. The molecule has 0 saturated carbocycles. The second kappa shape index (κ2) is 3.17. The molecule has 1 aliphatic heterocycles. The number of hydrogen-bond acceptors (Lipinski definition) is 4. The molecule has 1 fully saturated rings. The van der Waals surface area contributed by atoms with E-state index in [2.05, 4.69) is 5.32 Å². The van der Waals surface area contributed by atoms with Gasteiger partial charge in [-0.25, -0.2) is 0 Å². The highest BCUT2D eigenvalue weighted by Gasteiger charge is 2.24. The van der Waals surface area contributed by atoms with E-state index < -0.39 is 12.1 Å². The second-order valence-corrected chi connectivity index (χ2v) is 1.98. The highest BCUT2D eigenvalue weighted by atomic mass is 16.5. The maximum atomic E-state index is 8.45. The predicted molar refractivity (Wildman–Crippen MR) is 32.8 cm³/mol. The van der Waals surface area contributed by atoms with Crippen LogP contribution in [-0.4, -0.2) is 25.3 Å². The van der Waals surface area contributed by atoms with Crippen LogP contribution in [0.4, 0.5) is 0 Å². The lowest BCUT2D eigenvalue weighted by atomic mass is 10.2. The Labute approximate surface area is 59.0 Å². The Bertz CT molecular complexity index is 168. The summed E-state index contributed by atoms with van der Waals surface area (Å²) < 4.78 is 4.98. The van der Waals surface area contributed by atoms with Gasteiger partial charge in [-0.05, 0) is 0 Å². The molecule has 1 rings (SSSR count). The molecule has 0 aromatic carbocycles. The van der Waals surface area contributed by atoms with Crippen molar-refractivity contribution in [3.05, 3.63) is 0 Å². The zero-order valence-corrected chi connectivity index (χ0v) is 5.37. The topological polar surface area (TPSA) is 68.8 Å². The third-order valence-electron chi connectivity index (χ3n) is 1.33. The minimum Gasteiger partial charge on any atom is -0.359 e. The van der Waals surface area contributed by atoms with Crippen molar-refractivity contribution >= 4 is 0 Å². The van der Waals surface area contributed by atoms with Crippen molar-refractivity contribution in [1.82, 2.24) is 5.32 Å². The van der Waals surface area contributed by atoms with Crippen LogP contribution in [0.5, 0.6) is 0 Å². The molecule has 10 heavy (non-hydrogen) atoms. The van der Waals surface area contributed by atoms with Gasteiger partial charge in [0.2, 0.25) is 0 Å². The Morgan fingerprint density at radius 2 is 2.20 bits per heavy atom. The van der Waals surface area contributed by atoms with Crippen molar-refractivity contribution in [3.8, 4) is 12.1 Å². The van der Waals surface area contributed by atoms with Crippen LogP contribution in [0.1, 0.15) is 0 Å². The molecule has 1 heterocycles. The summed E-state index contributed by atoms with van der Waals surface area (Å²) in [5, 5.41) is 19.7. The molecule has 0 spiro atoms. The smallest absolute Gasteiger partial charge is 0.172 e. The first kappa shape index (κ1) is 7.01. The Morgan fingerprint density at radius 1 is 1.40 bits per heavy atom. The number of nitriles is 2. The highest BCUT2D eigenvalue weighted by Crippen LogP contribution is 2.01. The van der Waals surface area contributed by atoms with Gasteiger partial charge in [0.05, 0.1) is 18.7 Å². The summed E-state index contributed by atoms with van der Waals surface area (Å²) in [7, 11) is 0. The van der Waals surface area contributed by atoms with Gasteiger partial charge in [0.1, 0.15) is 6.04 Å². The number of morpholine rings is 1. The summed E-state index contributed by atoms with van der Waals surface area (Å²) in [6.45, 7) is 1.16. The fourth-order valence-corrected chi connectivity index (χ4v) is 0.829. The molecular formula is C6H7N3O. The monoisotopic (exact) mass is 137 g/mol. The molecular weight excluding hydrogens is 130 g/mol.